The van der Waals surface area contributed by atoms with E-state index < -0.39 is 12.1 Å². The Morgan fingerprint density at radius 3 is 2.56 bits per heavy atom. The van der Waals surface area contributed by atoms with E-state index in [2.05, 4.69) is 4.74 Å². The van der Waals surface area contributed by atoms with Crippen LogP contribution in [-0.4, -0.2) is 30.8 Å². The molecule has 0 aliphatic heterocycles. The molecule has 0 saturated heterocycles. The number of rotatable bonds is 4. The van der Waals surface area contributed by atoms with Gasteiger partial charge in [-0.1, -0.05) is 0 Å². The highest BCUT2D eigenvalue weighted by Gasteiger charge is 2.13. The molecule has 1 unspecified atom stereocenters. The van der Waals surface area contributed by atoms with E-state index >= 15 is 0 Å². The normalized spacial score (nSPS) is 13.1. The molecule has 1 atom stereocenters. The van der Waals surface area contributed by atoms with Gasteiger partial charge >= 0.3 is 5.97 Å². The van der Waals surface area contributed by atoms with Gasteiger partial charge in [-0.3, -0.25) is 0 Å². The van der Waals surface area contributed by atoms with Crippen LogP contribution in [0.3, 0.4) is 0 Å². The molecule has 0 heterocycles. The predicted molar refractivity (Wildman–Crippen MR) is 32.1 cm³/mol. The molecule has 0 fully saturated rings. The Morgan fingerprint density at radius 1 is 1.89 bits per heavy atom. The third-order valence-electron chi connectivity index (χ3n) is 0.989. The standard InChI is InChI=1S/C5H11NO3/c1-9-4(2-3-6)5(7)8/h4H,2-3,6H2,1H3,(H,7,8). The molecule has 54 valence electrons. The molecule has 4 heteroatoms. The molecular formula is C5H11NO3. The second-order valence-corrected chi connectivity index (χ2v) is 1.64. The minimum atomic E-state index is -0.956. The van der Waals surface area contributed by atoms with Crippen molar-refractivity contribution < 1.29 is 14.6 Å². The molecule has 0 bridgehead atoms. The summed E-state index contributed by atoms with van der Waals surface area (Å²) in [4.78, 5) is 10.1. The lowest BCUT2D eigenvalue weighted by Gasteiger charge is -2.06. The minimum Gasteiger partial charge on any atom is -0.479 e. The maximum Gasteiger partial charge on any atom is 0.332 e. The zero-order valence-corrected chi connectivity index (χ0v) is 5.33. The van der Waals surface area contributed by atoms with Crippen LogP contribution in [0.2, 0.25) is 0 Å². The largest absolute Gasteiger partial charge is 0.479 e. The molecule has 0 radical (unpaired) electrons. The van der Waals surface area contributed by atoms with Crippen LogP contribution in [0.1, 0.15) is 6.42 Å². The van der Waals surface area contributed by atoms with E-state index in [1.807, 2.05) is 0 Å². The average molecular weight is 133 g/mol. The molecule has 0 saturated carbocycles. The van der Waals surface area contributed by atoms with Gasteiger partial charge in [-0.25, -0.2) is 4.79 Å². The third kappa shape index (κ3) is 3.05. The summed E-state index contributed by atoms with van der Waals surface area (Å²) in [6.07, 6.45) is -0.374. The summed E-state index contributed by atoms with van der Waals surface area (Å²) in [5.74, 6) is -0.956. The highest BCUT2D eigenvalue weighted by Crippen LogP contribution is 1.93. The highest BCUT2D eigenvalue weighted by molar-refractivity contribution is 5.72. The van der Waals surface area contributed by atoms with Gasteiger partial charge in [0.25, 0.3) is 0 Å². The van der Waals surface area contributed by atoms with Gasteiger partial charge in [0, 0.05) is 7.11 Å². The van der Waals surface area contributed by atoms with Crippen LogP contribution in [0.15, 0.2) is 0 Å². The molecule has 0 aliphatic rings. The second kappa shape index (κ2) is 4.29. The quantitative estimate of drug-likeness (QED) is 0.539. The van der Waals surface area contributed by atoms with Crippen molar-refractivity contribution in [2.75, 3.05) is 13.7 Å². The highest BCUT2D eigenvalue weighted by atomic mass is 16.5. The lowest BCUT2D eigenvalue weighted by atomic mass is 10.2. The Bertz CT molecular complexity index is 94.2. The first-order chi connectivity index (χ1) is 4.22. The van der Waals surface area contributed by atoms with Crippen LogP contribution in [0, 0.1) is 0 Å². The van der Waals surface area contributed by atoms with Crippen LogP contribution in [-0.2, 0) is 9.53 Å². The van der Waals surface area contributed by atoms with Crippen molar-refractivity contribution in [1.82, 2.24) is 0 Å². The second-order valence-electron chi connectivity index (χ2n) is 1.64. The summed E-state index contributed by atoms with van der Waals surface area (Å²) in [5.41, 5.74) is 5.10. The van der Waals surface area contributed by atoms with E-state index in [4.69, 9.17) is 10.8 Å². The van der Waals surface area contributed by atoms with Crippen molar-refractivity contribution in [2.45, 2.75) is 12.5 Å². The Kier molecular flexibility index (Phi) is 4.00. The fraction of sp³-hybridized carbons (Fsp3) is 0.800. The maximum atomic E-state index is 10.1. The number of methoxy groups -OCH3 is 1. The first kappa shape index (κ1) is 8.39. The summed E-state index contributed by atoms with van der Waals surface area (Å²) in [6.45, 7) is 0.338. The number of carbonyl (C=O) groups is 1. The summed E-state index contributed by atoms with van der Waals surface area (Å²) in [7, 11) is 1.36. The van der Waals surface area contributed by atoms with Gasteiger partial charge in [-0.15, -0.1) is 0 Å². The van der Waals surface area contributed by atoms with E-state index in [0.29, 0.717) is 13.0 Å². The number of carboxylic acids is 1. The van der Waals surface area contributed by atoms with Crippen molar-refractivity contribution in [2.24, 2.45) is 5.73 Å². The lowest BCUT2D eigenvalue weighted by molar-refractivity contribution is -0.148. The van der Waals surface area contributed by atoms with Crippen LogP contribution in [0.25, 0.3) is 0 Å². The number of carboxylic acid groups (broad SMARTS) is 1. The zero-order chi connectivity index (χ0) is 7.28. The summed E-state index contributed by atoms with van der Waals surface area (Å²) in [6, 6.07) is 0. The molecule has 0 aromatic carbocycles. The maximum absolute atomic E-state index is 10.1. The van der Waals surface area contributed by atoms with Crippen LogP contribution >= 0.6 is 0 Å². The Morgan fingerprint density at radius 2 is 2.44 bits per heavy atom. The third-order valence-corrected chi connectivity index (χ3v) is 0.989. The molecule has 0 aromatic heterocycles. The number of hydrogen-bond acceptors (Lipinski definition) is 3. The van der Waals surface area contributed by atoms with Gasteiger partial charge in [-0.05, 0) is 13.0 Å². The minimum absolute atomic E-state index is 0.338. The fourth-order valence-electron chi connectivity index (χ4n) is 0.494. The van der Waals surface area contributed by atoms with Crippen molar-refractivity contribution in [3.63, 3.8) is 0 Å². The Balaban J connectivity index is 3.54. The van der Waals surface area contributed by atoms with E-state index in [-0.39, 0.29) is 0 Å². The van der Waals surface area contributed by atoms with Crippen molar-refractivity contribution in [3.05, 3.63) is 0 Å². The van der Waals surface area contributed by atoms with Crippen LogP contribution in [0.5, 0.6) is 0 Å². The number of hydrogen-bond donors (Lipinski definition) is 2. The zero-order valence-electron chi connectivity index (χ0n) is 5.33. The molecule has 0 rings (SSSR count). The number of aliphatic carboxylic acids is 1. The topological polar surface area (TPSA) is 72.5 Å². The summed E-state index contributed by atoms with van der Waals surface area (Å²) in [5, 5.41) is 8.32. The molecular weight excluding hydrogens is 122 g/mol. The molecule has 3 N–H and O–H groups in total. The van der Waals surface area contributed by atoms with Gasteiger partial charge < -0.3 is 15.6 Å². The van der Waals surface area contributed by atoms with E-state index in [1.54, 1.807) is 0 Å². The van der Waals surface area contributed by atoms with Crippen molar-refractivity contribution in [1.29, 1.82) is 0 Å². The summed E-state index contributed by atoms with van der Waals surface area (Å²) < 4.78 is 4.57. The van der Waals surface area contributed by atoms with Crippen molar-refractivity contribution >= 4 is 5.97 Å². The van der Waals surface area contributed by atoms with Gasteiger partial charge in [-0.2, -0.15) is 0 Å². The molecule has 0 spiro atoms. The van der Waals surface area contributed by atoms with Crippen LogP contribution < -0.4 is 5.73 Å². The first-order valence-electron chi connectivity index (χ1n) is 2.68. The smallest absolute Gasteiger partial charge is 0.332 e. The first-order valence-corrected chi connectivity index (χ1v) is 2.68. The Hall–Kier alpha value is -0.610. The van der Waals surface area contributed by atoms with Gasteiger partial charge in [0.05, 0.1) is 0 Å². The monoisotopic (exact) mass is 133 g/mol. The number of ether oxygens (including phenoxy) is 1. The van der Waals surface area contributed by atoms with Crippen molar-refractivity contribution in [3.8, 4) is 0 Å². The molecule has 4 nitrogen and oxygen atoms in total. The van der Waals surface area contributed by atoms with Gasteiger partial charge in [0.15, 0.2) is 6.10 Å². The predicted octanol–water partition coefficient (Wildman–Crippen LogP) is -0.565. The fourth-order valence-corrected chi connectivity index (χ4v) is 0.494. The lowest BCUT2D eigenvalue weighted by Crippen LogP contribution is -2.25. The SMILES string of the molecule is COC(CCN)C(=O)O. The summed E-state index contributed by atoms with van der Waals surface area (Å²) >= 11 is 0. The molecule has 0 aliphatic carbocycles. The molecule has 0 aromatic rings. The van der Waals surface area contributed by atoms with E-state index in [9.17, 15) is 4.79 Å². The number of nitrogens with two attached hydrogens (primary N) is 1. The molecule has 9 heavy (non-hydrogen) atoms. The average Bonchev–Trinajstić information content (AvgIpc) is 1.82. The molecule has 0 amide bonds. The van der Waals surface area contributed by atoms with E-state index in [0.717, 1.165) is 0 Å². The van der Waals surface area contributed by atoms with Gasteiger partial charge in [0.1, 0.15) is 0 Å². The van der Waals surface area contributed by atoms with Gasteiger partial charge in [0.2, 0.25) is 0 Å². The van der Waals surface area contributed by atoms with E-state index in [1.165, 1.54) is 7.11 Å². The van der Waals surface area contributed by atoms with Crippen LogP contribution in [0.4, 0.5) is 0 Å². The Labute approximate surface area is 53.6 Å².